The van der Waals surface area contributed by atoms with Crippen molar-refractivity contribution >= 4 is 23.9 Å². The molecule has 0 aliphatic carbocycles. The molecule has 0 aromatic heterocycles. The average molecular weight is 402 g/mol. The third-order valence-electron chi connectivity index (χ3n) is 4.05. The minimum absolute atomic E-state index is 0.0560. The number of carbonyl (C=O) groups excluding carboxylic acids is 3. The topological polar surface area (TPSA) is 116 Å². The van der Waals surface area contributed by atoms with Crippen molar-refractivity contribution in [2.75, 3.05) is 13.4 Å². The molecule has 0 amide bonds. The summed E-state index contributed by atoms with van der Waals surface area (Å²) in [6.07, 6.45) is 6.42. The van der Waals surface area contributed by atoms with Gasteiger partial charge >= 0.3 is 23.9 Å². The van der Waals surface area contributed by atoms with Crippen LogP contribution in [0.1, 0.15) is 84.5 Å². The number of carboxylic acid groups (broad SMARTS) is 1. The molecule has 0 spiro atoms. The summed E-state index contributed by atoms with van der Waals surface area (Å²) >= 11 is 0. The van der Waals surface area contributed by atoms with E-state index < -0.39 is 30.6 Å². The van der Waals surface area contributed by atoms with Crippen LogP contribution in [0.25, 0.3) is 0 Å². The van der Waals surface area contributed by atoms with Crippen LogP contribution in [0.5, 0.6) is 0 Å². The molecule has 0 fully saturated rings. The number of carbonyl (C=O) groups is 4. The Kier molecular flexibility index (Phi) is 15.7. The summed E-state index contributed by atoms with van der Waals surface area (Å²) in [5, 5.41) is 8.60. The molecular weight excluding hydrogens is 368 g/mol. The normalized spacial score (nSPS) is 11.5. The summed E-state index contributed by atoms with van der Waals surface area (Å²) in [5.74, 6) is -2.74. The predicted octanol–water partition coefficient (Wildman–Crippen LogP) is 3.61. The van der Waals surface area contributed by atoms with Crippen molar-refractivity contribution < 1.29 is 38.5 Å². The molecule has 28 heavy (non-hydrogen) atoms. The summed E-state index contributed by atoms with van der Waals surface area (Å²) in [6.45, 7) is 3.21. The summed E-state index contributed by atoms with van der Waals surface area (Å²) < 4.78 is 15.0. The summed E-state index contributed by atoms with van der Waals surface area (Å²) in [6, 6.07) is 0. The van der Waals surface area contributed by atoms with Gasteiger partial charge in [0.25, 0.3) is 0 Å². The lowest BCUT2D eigenvalue weighted by Gasteiger charge is -2.16. The molecule has 8 heteroatoms. The lowest BCUT2D eigenvalue weighted by molar-refractivity contribution is -0.172. The van der Waals surface area contributed by atoms with E-state index in [1.165, 1.54) is 0 Å². The van der Waals surface area contributed by atoms with Gasteiger partial charge in [0.1, 0.15) is 6.61 Å². The zero-order valence-electron chi connectivity index (χ0n) is 17.1. The summed E-state index contributed by atoms with van der Waals surface area (Å²) in [7, 11) is 0. The van der Waals surface area contributed by atoms with E-state index in [0.29, 0.717) is 32.1 Å². The zero-order valence-corrected chi connectivity index (χ0v) is 17.1. The van der Waals surface area contributed by atoms with Crippen LogP contribution in [0.3, 0.4) is 0 Å². The fraction of sp³-hybridized carbons (Fsp3) is 0.800. The average Bonchev–Trinajstić information content (AvgIpc) is 2.63. The number of rotatable bonds is 17. The number of unbranched alkanes of at least 4 members (excludes halogenated alkanes) is 4. The van der Waals surface area contributed by atoms with Gasteiger partial charge in [-0.25, -0.2) is 0 Å². The molecule has 0 aliphatic rings. The Bertz CT molecular complexity index is 475. The lowest BCUT2D eigenvalue weighted by Crippen LogP contribution is -2.25. The molecular formula is C20H34O8. The van der Waals surface area contributed by atoms with Crippen LogP contribution in [0.4, 0.5) is 0 Å². The van der Waals surface area contributed by atoms with Crippen molar-refractivity contribution in [2.24, 2.45) is 5.92 Å². The van der Waals surface area contributed by atoms with Gasteiger partial charge in [-0.05, 0) is 25.7 Å². The fourth-order valence-corrected chi connectivity index (χ4v) is 2.48. The van der Waals surface area contributed by atoms with Gasteiger partial charge in [-0.3, -0.25) is 19.2 Å². The van der Waals surface area contributed by atoms with E-state index >= 15 is 0 Å². The van der Waals surface area contributed by atoms with Crippen molar-refractivity contribution in [2.45, 2.75) is 84.5 Å². The highest BCUT2D eigenvalue weighted by atomic mass is 16.7. The van der Waals surface area contributed by atoms with Crippen molar-refractivity contribution in [1.82, 2.24) is 0 Å². The first-order valence-corrected chi connectivity index (χ1v) is 10.1. The van der Waals surface area contributed by atoms with Gasteiger partial charge in [0.05, 0.1) is 5.92 Å². The maximum absolute atomic E-state index is 12.2. The lowest BCUT2D eigenvalue weighted by atomic mass is 10.0. The first-order chi connectivity index (χ1) is 13.4. The quantitative estimate of drug-likeness (QED) is 0.223. The second-order valence-corrected chi connectivity index (χ2v) is 6.68. The largest absolute Gasteiger partial charge is 0.481 e. The second kappa shape index (κ2) is 17.0. The molecule has 1 atom stereocenters. The van der Waals surface area contributed by atoms with Crippen LogP contribution in [0, 0.1) is 5.92 Å². The van der Waals surface area contributed by atoms with E-state index in [4.69, 9.17) is 19.3 Å². The van der Waals surface area contributed by atoms with Crippen molar-refractivity contribution in [3.8, 4) is 0 Å². The maximum Gasteiger partial charge on any atom is 0.315 e. The number of carboxylic acids is 1. The highest BCUT2D eigenvalue weighted by Crippen LogP contribution is 2.15. The molecule has 8 nitrogen and oxygen atoms in total. The van der Waals surface area contributed by atoms with E-state index in [1.54, 1.807) is 0 Å². The van der Waals surface area contributed by atoms with Crippen LogP contribution in [-0.4, -0.2) is 42.4 Å². The Hall–Kier alpha value is -2.12. The molecule has 0 radical (unpaired) electrons. The molecule has 162 valence electrons. The smallest absolute Gasteiger partial charge is 0.315 e. The number of aliphatic carboxylic acids is 1. The van der Waals surface area contributed by atoms with Gasteiger partial charge < -0.3 is 19.3 Å². The third kappa shape index (κ3) is 15.0. The maximum atomic E-state index is 12.2. The van der Waals surface area contributed by atoms with Crippen LogP contribution in [0.2, 0.25) is 0 Å². The molecule has 1 N–H and O–H groups in total. The number of hydrogen-bond acceptors (Lipinski definition) is 7. The van der Waals surface area contributed by atoms with Gasteiger partial charge in [0, 0.05) is 19.3 Å². The molecule has 0 bridgehead atoms. The molecule has 0 rings (SSSR count). The van der Waals surface area contributed by atoms with Crippen molar-refractivity contribution in [3.05, 3.63) is 0 Å². The minimum Gasteiger partial charge on any atom is -0.481 e. The molecule has 0 aromatic rings. The Morgan fingerprint density at radius 3 is 1.93 bits per heavy atom. The van der Waals surface area contributed by atoms with Crippen LogP contribution in [-0.2, 0) is 33.4 Å². The Balaban J connectivity index is 4.28. The molecule has 0 aromatic carbocycles. The molecule has 0 saturated carbocycles. The number of esters is 3. The van der Waals surface area contributed by atoms with Crippen LogP contribution < -0.4 is 0 Å². The van der Waals surface area contributed by atoms with E-state index in [0.717, 1.165) is 25.7 Å². The summed E-state index contributed by atoms with van der Waals surface area (Å²) in [5.41, 5.74) is 0. The van der Waals surface area contributed by atoms with Crippen molar-refractivity contribution in [3.63, 3.8) is 0 Å². The van der Waals surface area contributed by atoms with E-state index in [9.17, 15) is 19.2 Å². The predicted molar refractivity (Wildman–Crippen MR) is 101 cm³/mol. The van der Waals surface area contributed by atoms with E-state index in [2.05, 4.69) is 0 Å². The van der Waals surface area contributed by atoms with Gasteiger partial charge in [0.15, 0.2) is 0 Å². The Morgan fingerprint density at radius 1 is 0.750 bits per heavy atom. The summed E-state index contributed by atoms with van der Waals surface area (Å²) in [4.78, 5) is 45.5. The molecule has 0 saturated heterocycles. The molecule has 0 heterocycles. The SMILES string of the molecule is CCCC(=O)OCOC(=O)C(CCCCCCCC(=O)O)COC(=O)CCC. The molecule has 1 unspecified atom stereocenters. The fourth-order valence-electron chi connectivity index (χ4n) is 2.48. The van der Waals surface area contributed by atoms with Gasteiger partial charge in [-0.1, -0.05) is 39.5 Å². The Labute approximate surface area is 166 Å². The van der Waals surface area contributed by atoms with Gasteiger partial charge in [0.2, 0.25) is 6.79 Å². The highest BCUT2D eigenvalue weighted by molar-refractivity contribution is 5.74. The van der Waals surface area contributed by atoms with E-state index in [-0.39, 0.29) is 25.4 Å². The third-order valence-corrected chi connectivity index (χ3v) is 4.05. The first kappa shape index (κ1) is 25.9. The van der Waals surface area contributed by atoms with Crippen molar-refractivity contribution in [1.29, 1.82) is 0 Å². The zero-order chi connectivity index (χ0) is 21.2. The van der Waals surface area contributed by atoms with Crippen LogP contribution >= 0.6 is 0 Å². The van der Waals surface area contributed by atoms with Gasteiger partial charge in [-0.15, -0.1) is 0 Å². The Morgan fingerprint density at radius 2 is 1.32 bits per heavy atom. The monoisotopic (exact) mass is 402 g/mol. The standard InChI is InChI=1S/C20H34O8/c1-3-10-18(23)26-14-16(12-8-6-5-7-9-13-17(21)22)20(25)28-15-27-19(24)11-4-2/h16H,3-15H2,1-2H3,(H,21,22). The van der Waals surface area contributed by atoms with Gasteiger partial charge in [-0.2, -0.15) is 0 Å². The number of hydrogen-bond donors (Lipinski definition) is 1. The van der Waals surface area contributed by atoms with Crippen LogP contribution in [0.15, 0.2) is 0 Å². The highest BCUT2D eigenvalue weighted by Gasteiger charge is 2.22. The minimum atomic E-state index is -0.795. The first-order valence-electron chi connectivity index (χ1n) is 10.1. The van der Waals surface area contributed by atoms with E-state index in [1.807, 2.05) is 13.8 Å². The second-order valence-electron chi connectivity index (χ2n) is 6.68. The number of ether oxygens (including phenoxy) is 3. The molecule has 0 aliphatic heterocycles.